The van der Waals surface area contributed by atoms with Crippen LogP contribution >= 0.6 is 15.9 Å². The number of aromatic nitrogens is 1. The third kappa shape index (κ3) is 3.09. The van der Waals surface area contributed by atoms with Crippen LogP contribution in [0.3, 0.4) is 0 Å². The number of pyridine rings is 1. The molecular weight excluding hydrogens is 360 g/mol. The van der Waals surface area contributed by atoms with Gasteiger partial charge in [0.2, 0.25) is 0 Å². The zero-order valence-electron chi connectivity index (χ0n) is 13.1. The van der Waals surface area contributed by atoms with E-state index >= 15 is 0 Å². The molecule has 1 aromatic heterocycles. The number of nitrogens with zero attached hydrogens (tertiary/aromatic N) is 3. The third-order valence-electron chi connectivity index (χ3n) is 5.23. The molecule has 2 amide bonds. The standard InChI is InChI=1S/C16H21BrN4O2/c17-13-7-12-9-21(15(22)19-14(12)18-8-13)6-5-20-3-1-16(2-4-20)10-23-11-16/h7-8H,1-6,9-11H2,(H,18,19,22). The third-order valence-corrected chi connectivity index (χ3v) is 5.66. The molecule has 0 atom stereocenters. The topological polar surface area (TPSA) is 57.7 Å². The van der Waals surface area contributed by atoms with Crippen LogP contribution in [-0.4, -0.2) is 60.2 Å². The van der Waals surface area contributed by atoms with Gasteiger partial charge in [-0.25, -0.2) is 9.78 Å². The largest absolute Gasteiger partial charge is 0.380 e. The minimum absolute atomic E-state index is 0.0480. The molecule has 6 nitrogen and oxygen atoms in total. The summed E-state index contributed by atoms with van der Waals surface area (Å²) < 4.78 is 6.31. The summed E-state index contributed by atoms with van der Waals surface area (Å²) in [7, 11) is 0. The van der Waals surface area contributed by atoms with Crippen molar-refractivity contribution in [2.75, 3.05) is 44.7 Å². The Morgan fingerprint density at radius 2 is 2.09 bits per heavy atom. The lowest BCUT2D eigenvalue weighted by Gasteiger charge is -2.47. The minimum atomic E-state index is -0.0480. The fraction of sp³-hybridized carbons (Fsp3) is 0.625. The summed E-state index contributed by atoms with van der Waals surface area (Å²) in [5.74, 6) is 0.680. The number of carbonyl (C=O) groups is 1. The number of ether oxygens (including phenoxy) is 1. The molecule has 23 heavy (non-hydrogen) atoms. The van der Waals surface area contributed by atoms with Crippen molar-refractivity contribution in [1.29, 1.82) is 0 Å². The van der Waals surface area contributed by atoms with E-state index in [0.717, 1.165) is 49.4 Å². The number of hydrogen-bond donors (Lipinski definition) is 1. The summed E-state index contributed by atoms with van der Waals surface area (Å²) in [6.07, 6.45) is 4.15. The van der Waals surface area contributed by atoms with Gasteiger partial charge in [-0.1, -0.05) is 0 Å². The van der Waals surface area contributed by atoms with Crippen molar-refractivity contribution < 1.29 is 9.53 Å². The molecule has 3 aliphatic heterocycles. The molecule has 0 radical (unpaired) electrons. The first-order valence-electron chi connectivity index (χ1n) is 8.14. The zero-order chi connectivity index (χ0) is 15.9. The first-order valence-corrected chi connectivity index (χ1v) is 8.93. The summed E-state index contributed by atoms with van der Waals surface area (Å²) in [5.41, 5.74) is 1.53. The fourth-order valence-electron chi connectivity index (χ4n) is 3.55. The average molecular weight is 381 g/mol. The highest BCUT2D eigenvalue weighted by molar-refractivity contribution is 9.10. The Labute approximate surface area is 144 Å². The second-order valence-electron chi connectivity index (χ2n) is 6.85. The van der Waals surface area contributed by atoms with E-state index in [1.807, 2.05) is 11.0 Å². The van der Waals surface area contributed by atoms with Crippen LogP contribution in [0.2, 0.25) is 0 Å². The van der Waals surface area contributed by atoms with E-state index in [4.69, 9.17) is 4.74 Å². The second-order valence-corrected chi connectivity index (χ2v) is 7.76. The summed E-state index contributed by atoms with van der Waals surface area (Å²) in [6, 6.07) is 1.98. The molecule has 124 valence electrons. The van der Waals surface area contributed by atoms with E-state index in [2.05, 4.69) is 31.1 Å². The van der Waals surface area contributed by atoms with Crippen molar-refractivity contribution >= 4 is 27.8 Å². The molecule has 0 aromatic carbocycles. The highest BCUT2D eigenvalue weighted by atomic mass is 79.9. The number of hydrogen-bond acceptors (Lipinski definition) is 4. The number of nitrogens with one attached hydrogen (secondary N) is 1. The van der Waals surface area contributed by atoms with Crippen molar-refractivity contribution in [3.05, 3.63) is 22.3 Å². The van der Waals surface area contributed by atoms with Crippen LogP contribution in [0.4, 0.5) is 10.6 Å². The number of anilines is 1. The van der Waals surface area contributed by atoms with E-state index in [0.29, 0.717) is 17.8 Å². The van der Waals surface area contributed by atoms with Gasteiger partial charge >= 0.3 is 6.03 Å². The number of likely N-dealkylation sites (tertiary alicyclic amines) is 1. The average Bonchev–Trinajstić information content (AvgIpc) is 2.52. The predicted octanol–water partition coefficient (Wildman–Crippen LogP) is 2.30. The fourth-order valence-corrected chi connectivity index (χ4v) is 3.92. The Balaban J connectivity index is 1.32. The van der Waals surface area contributed by atoms with Crippen LogP contribution in [0.25, 0.3) is 0 Å². The highest BCUT2D eigenvalue weighted by Gasteiger charge is 2.41. The summed E-state index contributed by atoms with van der Waals surface area (Å²) >= 11 is 3.44. The molecule has 1 N–H and O–H groups in total. The Morgan fingerprint density at radius 1 is 1.30 bits per heavy atom. The number of carbonyl (C=O) groups excluding carboxylic acids is 1. The first kappa shape index (κ1) is 15.4. The molecule has 7 heteroatoms. The van der Waals surface area contributed by atoms with E-state index < -0.39 is 0 Å². The van der Waals surface area contributed by atoms with Crippen LogP contribution in [0, 0.1) is 5.41 Å². The molecule has 2 fully saturated rings. The number of amides is 2. The Morgan fingerprint density at radius 3 is 2.78 bits per heavy atom. The smallest absolute Gasteiger partial charge is 0.323 e. The van der Waals surface area contributed by atoms with Gasteiger partial charge in [-0.3, -0.25) is 5.32 Å². The van der Waals surface area contributed by atoms with Gasteiger partial charge in [0.25, 0.3) is 0 Å². The van der Waals surface area contributed by atoms with Crippen molar-refractivity contribution in [1.82, 2.24) is 14.8 Å². The van der Waals surface area contributed by atoms with Crippen molar-refractivity contribution in [2.24, 2.45) is 5.41 Å². The quantitative estimate of drug-likeness (QED) is 0.873. The molecule has 1 spiro atoms. The minimum Gasteiger partial charge on any atom is -0.380 e. The molecule has 0 saturated carbocycles. The molecule has 4 heterocycles. The maximum atomic E-state index is 12.2. The monoisotopic (exact) mass is 380 g/mol. The number of fused-ring (bicyclic) bond motifs is 1. The van der Waals surface area contributed by atoms with Gasteiger partial charge in [-0.2, -0.15) is 0 Å². The van der Waals surface area contributed by atoms with E-state index in [9.17, 15) is 4.79 Å². The zero-order valence-corrected chi connectivity index (χ0v) is 14.6. The van der Waals surface area contributed by atoms with Gasteiger partial charge in [0.15, 0.2) is 0 Å². The Hall–Kier alpha value is -1.18. The summed E-state index contributed by atoms with van der Waals surface area (Å²) in [5, 5.41) is 2.88. The van der Waals surface area contributed by atoms with E-state index in [1.165, 1.54) is 12.8 Å². The first-order chi connectivity index (χ1) is 11.1. The lowest BCUT2D eigenvalue weighted by Crippen LogP contribution is -2.52. The van der Waals surface area contributed by atoms with Crippen molar-refractivity contribution in [3.63, 3.8) is 0 Å². The maximum absolute atomic E-state index is 12.2. The molecule has 4 rings (SSSR count). The van der Waals surface area contributed by atoms with Crippen LogP contribution < -0.4 is 5.32 Å². The van der Waals surface area contributed by atoms with Crippen molar-refractivity contribution in [3.8, 4) is 0 Å². The Kier molecular flexibility index (Phi) is 4.03. The van der Waals surface area contributed by atoms with Crippen LogP contribution in [0.1, 0.15) is 18.4 Å². The van der Waals surface area contributed by atoms with Gasteiger partial charge in [0.05, 0.1) is 19.8 Å². The number of urea groups is 1. The number of rotatable bonds is 3. The van der Waals surface area contributed by atoms with Gasteiger partial charge < -0.3 is 14.5 Å². The van der Waals surface area contributed by atoms with Gasteiger partial charge in [0.1, 0.15) is 5.82 Å². The van der Waals surface area contributed by atoms with Crippen LogP contribution in [-0.2, 0) is 11.3 Å². The van der Waals surface area contributed by atoms with E-state index in [-0.39, 0.29) is 6.03 Å². The molecule has 0 unspecified atom stereocenters. The second kappa shape index (κ2) is 6.03. The molecule has 2 saturated heterocycles. The molecule has 0 bridgehead atoms. The van der Waals surface area contributed by atoms with Gasteiger partial charge in [-0.05, 0) is 47.9 Å². The normalized spacial score (nSPS) is 23.3. The van der Waals surface area contributed by atoms with Gasteiger partial charge in [-0.15, -0.1) is 0 Å². The van der Waals surface area contributed by atoms with Crippen LogP contribution in [0.15, 0.2) is 16.7 Å². The molecule has 0 aliphatic carbocycles. The molecule has 1 aromatic rings. The van der Waals surface area contributed by atoms with Crippen molar-refractivity contribution in [2.45, 2.75) is 19.4 Å². The van der Waals surface area contributed by atoms with E-state index in [1.54, 1.807) is 6.20 Å². The summed E-state index contributed by atoms with van der Waals surface area (Å²) in [6.45, 7) is 6.41. The van der Waals surface area contributed by atoms with Crippen LogP contribution in [0.5, 0.6) is 0 Å². The maximum Gasteiger partial charge on any atom is 0.323 e. The lowest BCUT2D eigenvalue weighted by molar-refractivity contribution is -0.139. The SMILES string of the molecule is O=C1Nc2ncc(Br)cc2CN1CCN1CCC2(CC1)COC2. The molecular formula is C16H21BrN4O2. The number of halogens is 1. The highest BCUT2D eigenvalue weighted by Crippen LogP contribution is 2.38. The predicted molar refractivity (Wildman–Crippen MR) is 90.3 cm³/mol. The van der Waals surface area contributed by atoms with Gasteiger partial charge in [0, 0.05) is 34.7 Å². The lowest BCUT2D eigenvalue weighted by atomic mass is 9.77. The summed E-state index contributed by atoms with van der Waals surface area (Å²) in [4.78, 5) is 20.8. The Bertz CT molecular complexity index is 610. The molecule has 3 aliphatic rings. The number of piperidine rings is 1.